The molecule has 0 saturated carbocycles. The fraction of sp³-hybridized carbons (Fsp3) is 0.875. The van der Waals surface area contributed by atoms with Crippen LogP contribution in [0.1, 0.15) is 6.92 Å². The van der Waals surface area contributed by atoms with Crippen LogP contribution in [0.3, 0.4) is 0 Å². The molecule has 1 fully saturated rings. The van der Waals surface area contributed by atoms with Gasteiger partial charge in [0.15, 0.2) is 0 Å². The minimum atomic E-state index is -1.71. The van der Waals surface area contributed by atoms with Crippen molar-refractivity contribution in [2.24, 2.45) is 0 Å². The topological polar surface area (TPSA) is 119 Å². The molecule has 16 heavy (non-hydrogen) atoms. The Morgan fingerprint density at radius 2 is 2.06 bits per heavy atom. The molecule has 0 unspecified atom stereocenters. The SMILES string of the molecule is CC(=O)N[C@@H]1[C@@H](O)[C@H](O)[C@@H](CO)O[C@@]1(O)[Pb]. The van der Waals surface area contributed by atoms with Crippen LogP contribution in [0.2, 0.25) is 0 Å². The van der Waals surface area contributed by atoms with Gasteiger partial charge in [0, 0.05) is 0 Å². The molecule has 1 aliphatic heterocycles. The third-order valence-corrected chi connectivity index (χ3v) is 4.03. The van der Waals surface area contributed by atoms with E-state index < -0.39 is 40.2 Å². The summed E-state index contributed by atoms with van der Waals surface area (Å²) in [6.07, 6.45) is -3.78. The number of carbonyl (C=O) groups is 1. The van der Waals surface area contributed by atoms with Crippen molar-refractivity contribution >= 4 is 31.7 Å². The van der Waals surface area contributed by atoms with Crippen LogP contribution in [0.25, 0.3) is 0 Å². The van der Waals surface area contributed by atoms with Crippen molar-refractivity contribution in [1.82, 2.24) is 5.32 Å². The Balaban J connectivity index is 2.87. The average Bonchev–Trinajstić information content (AvgIpc) is 2.18. The van der Waals surface area contributed by atoms with E-state index >= 15 is 0 Å². The number of ether oxygens (including phenoxy) is 1. The molecule has 5 N–H and O–H groups in total. The maximum atomic E-state index is 10.9. The number of rotatable bonds is 2. The van der Waals surface area contributed by atoms with Crippen LogP contribution < -0.4 is 5.32 Å². The predicted molar refractivity (Wildman–Crippen MR) is 52.3 cm³/mol. The molecular formula is C8H14NO6Pb. The second-order valence-corrected chi connectivity index (χ2v) is 6.48. The Hall–Kier alpha value is 0.192. The van der Waals surface area contributed by atoms with Gasteiger partial charge in [-0.3, -0.25) is 0 Å². The van der Waals surface area contributed by atoms with Gasteiger partial charge in [0.2, 0.25) is 0 Å². The van der Waals surface area contributed by atoms with Crippen molar-refractivity contribution in [3.63, 3.8) is 0 Å². The van der Waals surface area contributed by atoms with Gasteiger partial charge in [-0.05, 0) is 0 Å². The van der Waals surface area contributed by atoms with Crippen molar-refractivity contribution in [1.29, 1.82) is 0 Å². The van der Waals surface area contributed by atoms with Gasteiger partial charge in [0.25, 0.3) is 0 Å². The summed E-state index contributed by atoms with van der Waals surface area (Å²) >= 11 is 0.107. The van der Waals surface area contributed by atoms with Gasteiger partial charge >= 0.3 is 108 Å². The zero-order valence-electron chi connectivity index (χ0n) is 8.62. The van der Waals surface area contributed by atoms with Crippen molar-refractivity contribution in [2.75, 3.05) is 6.61 Å². The van der Waals surface area contributed by atoms with E-state index in [0.29, 0.717) is 0 Å². The van der Waals surface area contributed by atoms with Gasteiger partial charge in [-0.25, -0.2) is 0 Å². The van der Waals surface area contributed by atoms with E-state index in [1.165, 1.54) is 6.92 Å². The van der Waals surface area contributed by atoms with Crippen LogP contribution in [0.4, 0.5) is 0 Å². The van der Waals surface area contributed by atoms with Crippen LogP contribution in [0.15, 0.2) is 0 Å². The Bertz CT molecular complexity index is 273. The molecule has 1 saturated heterocycles. The molecule has 0 bridgehead atoms. The van der Waals surface area contributed by atoms with E-state index in [1.54, 1.807) is 0 Å². The Morgan fingerprint density at radius 3 is 2.50 bits per heavy atom. The number of hydrogen-bond acceptors (Lipinski definition) is 6. The fourth-order valence-corrected chi connectivity index (χ4v) is 3.10. The molecule has 0 aromatic rings. The summed E-state index contributed by atoms with van der Waals surface area (Å²) in [5, 5.41) is 40.4. The molecule has 5 atom stereocenters. The molecule has 7 nitrogen and oxygen atoms in total. The van der Waals surface area contributed by atoms with E-state index in [-0.39, 0.29) is 25.8 Å². The monoisotopic (exact) mass is 428 g/mol. The third kappa shape index (κ3) is 2.90. The molecule has 0 spiro atoms. The molecule has 1 rings (SSSR count). The summed E-state index contributed by atoms with van der Waals surface area (Å²) in [7, 11) is 0. The Labute approximate surface area is 108 Å². The Morgan fingerprint density at radius 1 is 1.50 bits per heavy atom. The summed E-state index contributed by atoms with van der Waals surface area (Å²) in [5.74, 6) is -0.448. The summed E-state index contributed by atoms with van der Waals surface area (Å²) in [5.41, 5.74) is 0. The van der Waals surface area contributed by atoms with Gasteiger partial charge in [0.05, 0.1) is 0 Å². The first-order valence-corrected chi connectivity index (χ1v) is 6.63. The molecular weight excluding hydrogens is 413 g/mol. The number of carbonyl (C=O) groups excluding carboxylic acids is 1. The van der Waals surface area contributed by atoms with Crippen LogP contribution in [0.5, 0.6) is 0 Å². The first kappa shape index (κ1) is 14.3. The van der Waals surface area contributed by atoms with Crippen LogP contribution >= 0.6 is 0 Å². The number of hydrogen-bond donors (Lipinski definition) is 5. The molecule has 1 amide bonds. The zero-order valence-corrected chi connectivity index (χ0v) is 12.5. The molecule has 1 heterocycles. The molecule has 0 aromatic heterocycles. The number of aliphatic hydroxyl groups excluding tert-OH is 3. The van der Waals surface area contributed by atoms with E-state index in [4.69, 9.17) is 9.84 Å². The van der Waals surface area contributed by atoms with E-state index in [9.17, 15) is 20.1 Å². The fourth-order valence-electron chi connectivity index (χ4n) is 1.57. The first-order valence-electron chi connectivity index (χ1n) is 4.69. The van der Waals surface area contributed by atoms with Crippen LogP contribution in [0, 0.1) is 0 Å². The molecule has 3 radical (unpaired) electrons. The van der Waals surface area contributed by atoms with Crippen molar-refractivity contribution < 1.29 is 30.0 Å². The Kier molecular flexibility index (Phi) is 4.66. The van der Waals surface area contributed by atoms with Crippen molar-refractivity contribution in [3.05, 3.63) is 0 Å². The van der Waals surface area contributed by atoms with Gasteiger partial charge in [-0.15, -0.1) is 0 Å². The quantitative estimate of drug-likeness (QED) is 0.291. The number of amides is 1. The summed E-state index contributed by atoms with van der Waals surface area (Å²) in [6, 6.07) is -1.09. The number of aliphatic hydroxyl groups is 4. The van der Waals surface area contributed by atoms with Gasteiger partial charge in [0.1, 0.15) is 0 Å². The van der Waals surface area contributed by atoms with Gasteiger partial charge in [-0.1, -0.05) is 0 Å². The van der Waals surface area contributed by atoms with Crippen LogP contribution in [-0.4, -0.2) is 86.4 Å². The summed E-state index contributed by atoms with van der Waals surface area (Å²) in [6.45, 7) is 0.713. The van der Waals surface area contributed by atoms with E-state index in [1.807, 2.05) is 0 Å². The molecule has 91 valence electrons. The molecule has 0 aliphatic carbocycles. The van der Waals surface area contributed by atoms with Gasteiger partial charge in [-0.2, -0.15) is 0 Å². The average molecular weight is 427 g/mol. The van der Waals surface area contributed by atoms with Crippen molar-refractivity contribution in [3.8, 4) is 0 Å². The summed E-state index contributed by atoms with van der Waals surface area (Å²) < 4.78 is 3.35. The number of nitrogens with one attached hydrogen (secondary N) is 1. The first-order chi connectivity index (χ1) is 7.29. The van der Waals surface area contributed by atoms with Crippen molar-refractivity contribution in [2.45, 2.75) is 34.6 Å². The summed E-state index contributed by atoms with van der Waals surface area (Å²) in [4.78, 5) is 10.9. The maximum absolute atomic E-state index is 10.9. The van der Waals surface area contributed by atoms with E-state index in [0.717, 1.165) is 0 Å². The van der Waals surface area contributed by atoms with E-state index in [2.05, 4.69) is 5.32 Å². The normalized spacial score (nSPS) is 44.1. The standard InChI is InChI=1S/C8H14NO6.Pb/c1-3(11)9-5-7(13)6(12)4(2-10)15-8(5)14;/h4-7,10,12-14H,2H2,1H3,(H,9,11);/t4-,5-,6-,7-;/m1./s1. The predicted octanol–water partition coefficient (Wildman–Crippen LogP) is -3.58. The molecule has 1 aliphatic rings. The second kappa shape index (κ2) is 5.23. The van der Waals surface area contributed by atoms with Crippen LogP contribution in [-0.2, 0) is 9.53 Å². The molecule has 8 heteroatoms. The zero-order chi connectivity index (χ0) is 12.5. The minimum absolute atomic E-state index is 0.107. The molecule has 0 aromatic carbocycles. The second-order valence-electron chi connectivity index (χ2n) is 3.69. The van der Waals surface area contributed by atoms with Gasteiger partial charge < -0.3 is 0 Å². The third-order valence-electron chi connectivity index (χ3n) is 2.36.